The predicted molar refractivity (Wildman–Crippen MR) is 289 cm³/mol. The molecule has 2 aliphatic rings. The zero-order chi connectivity index (χ0) is 51.9. The van der Waals surface area contributed by atoms with Crippen LogP contribution in [0.15, 0.2) is 179 Å². The van der Waals surface area contributed by atoms with Crippen LogP contribution < -0.4 is 9.47 Å². The Hall–Kier alpha value is -7.80. The number of rotatable bonds is 20. The maximum atomic E-state index is 12.5. The molecule has 2 aliphatic heterocycles. The molecule has 2 saturated heterocycles. The van der Waals surface area contributed by atoms with Crippen molar-refractivity contribution in [3.05, 3.63) is 215 Å². The molecule has 0 aliphatic carbocycles. The number of carboxylic acids is 1. The Labute approximate surface area is 439 Å². The lowest BCUT2D eigenvalue weighted by molar-refractivity contribution is -0.146. The van der Waals surface area contributed by atoms with Gasteiger partial charge in [-0.25, -0.2) is 9.97 Å². The average molecular weight is 1010 g/mol. The Morgan fingerprint density at radius 2 is 0.933 bits per heavy atom. The molecule has 386 valence electrons. The van der Waals surface area contributed by atoms with Gasteiger partial charge in [-0.05, 0) is 122 Å². The molecule has 2 fully saturated rings. The third-order valence-corrected chi connectivity index (χ3v) is 14.3. The van der Waals surface area contributed by atoms with Gasteiger partial charge in [0, 0.05) is 50.4 Å². The highest BCUT2D eigenvalue weighted by atomic mass is 16.5. The van der Waals surface area contributed by atoms with Crippen LogP contribution in [0.5, 0.6) is 11.5 Å². The van der Waals surface area contributed by atoms with Gasteiger partial charge >= 0.3 is 11.9 Å². The topological polar surface area (TPSA) is 141 Å². The van der Waals surface area contributed by atoms with Crippen LogP contribution in [-0.4, -0.2) is 70.1 Å². The number of nitrogens with zero attached hydrogens (tertiary/aromatic N) is 4. The Morgan fingerprint density at radius 1 is 0.533 bits per heavy atom. The van der Waals surface area contributed by atoms with E-state index in [1.165, 1.54) is 23.8 Å². The smallest absolute Gasteiger partial charge is 0.310 e. The Kier molecular flexibility index (Phi) is 17.7. The van der Waals surface area contributed by atoms with Crippen LogP contribution in [0.25, 0.3) is 22.9 Å². The Balaban J connectivity index is 0.000000184. The van der Waals surface area contributed by atoms with Gasteiger partial charge in [0.2, 0.25) is 11.8 Å². The number of ether oxygens (including phenoxy) is 3. The van der Waals surface area contributed by atoms with Crippen molar-refractivity contribution < 1.29 is 37.7 Å². The summed E-state index contributed by atoms with van der Waals surface area (Å²) >= 11 is 0. The maximum absolute atomic E-state index is 12.5. The van der Waals surface area contributed by atoms with E-state index in [0.29, 0.717) is 31.5 Å². The first-order valence-electron chi connectivity index (χ1n) is 25.9. The number of carboxylic acid groups (broad SMARTS) is 1. The summed E-state index contributed by atoms with van der Waals surface area (Å²) in [6.45, 7) is 9.14. The lowest BCUT2D eigenvalue weighted by Gasteiger charge is -2.16. The highest BCUT2D eigenvalue weighted by Crippen LogP contribution is 2.33. The van der Waals surface area contributed by atoms with Gasteiger partial charge in [0.15, 0.2) is 0 Å². The second-order valence-corrected chi connectivity index (χ2v) is 19.7. The number of carbonyl (C=O) groups is 2. The summed E-state index contributed by atoms with van der Waals surface area (Å²) in [6, 6.07) is 56.6. The number of aryl methyl sites for hydroxylation is 4. The molecule has 10 rings (SSSR count). The molecule has 0 amide bonds. The van der Waals surface area contributed by atoms with Gasteiger partial charge in [-0.3, -0.25) is 19.4 Å². The molecule has 2 aromatic heterocycles. The molecule has 12 heteroatoms. The highest BCUT2D eigenvalue weighted by molar-refractivity contribution is 5.73. The monoisotopic (exact) mass is 1010 g/mol. The molecule has 1 N–H and O–H groups in total. The minimum Gasteiger partial charge on any atom is -0.487 e. The van der Waals surface area contributed by atoms with E-state index in [-0.39, 0.29) is 29.6 Å². The molecule has 6 aromatic carbocycles. The summed E-state index contributed by atoms with van der Waals surface area (Å²) in [6.07, 6.45) is 3.42. The van der Waals surface area contributed by atoms with Crippen LogP contribution in [0.4, 0.5) is 0 Å². The summed E-state index contributed by atoms with van der Waals surface area (Å²) in [5, 5.41) is 9.82. The van der Waals surface area contributed by atoms with Crippen molar-refractivity contribution in [3.63, 3.8) is 0 Å². The lowest BCUT2D eigenvalue weighted by Crippen LogP contribution is -2.25. The molecular formula is C63H66N4O8. The molecule has 0 spiro atoms. The van der Waals surface area contributed by atoms with E-state index < -0.39 is 5.97 Å². The summed E-state index contributed by atoms with van der Waals surface area (Å²) < 4.78 is 29.0. The van der Waals surface area contributed by atoms with Crippen LogP contribution in [0.3, 0.4) is 0 Å². The number of hydrogen-bond donors (Lipinski definition) is 1. The van der Waals surface area contributed by atoms with Crippen molar-refractivity contribution >= 4 is 11.9 Å². The molecular weight excluding hydrogens is 941 g/mol. The van der Waals surface area contributed by atoms with Gasteiger partial charge in [0.25, 0.3) is 0 Å². The molecule has 0 unspecified atom stereocenters. The van der Waals surface area contributed by atoms with E-state index in [1.54, 1.807) is 0 Å². The van der Waals surface area contributed by atoms with Crippen molar-refractivity contribution in [2.45, 2.75) is 65.8 Å². The molecule has 0 bridgehead atoms. The Bertz CT molecular complexity index is 3070. The first kappa shape index (κ1) is 52.1. The largest absolute Gasteiger partial charge is 0.487 e. The number of aromatic nitrogens is 2. The Morgan fingerprint density at radius 3 is 1.36 bits per heavy atom. The number of hydrogen-bond acceptors (Lipinski definition) is 11. The summed E-state index contributed by atoms with van der Waals surface area (Å²) in [5.74, 6) is 3.41. The van der Waals surface area contributed by atoms with Crippen LogP contribution in [0, 0.1) is 37.5 Å². The van der Waals surface area contributed by atoms with Crippen molar-refractivity contribution in [1.82, 2.24) is 19.8 Å². The first-order chi connectivity index (χ1) is 36.6. The molecule has 12 nitrogen and oxygen atoms in total. The number of oxazole rings is 2. The minimum atomic E-state index is -0.699. The molecule has 4 atom stereocenters. The van der Waals surface area contributed by atoms with Crippen LogP contribution in [-0.2, 0) is 53.5 Å². The van der Waals surface area contributed by atoms with Crippen molar-refractivity contribution in [2.24, 2.45) is 23.7 Å². The fraction of sp³-hybridized carbons (Fsp3) is 0.302. The molecule has 8 aromatic rings. The number of likely N-dealkylation sites (tertiary alicyclic amines) is 2. The summed E-state index contributed by atoms with van der Waals surface area (Å²) in [7, 11) is 1.49. The van der Waals surface area contributed by atoms with Gasteiger partial charge in [-0.15, -0.1) is 0 Å². The zero-order valence-electron chi connectivity index (χ0n) is 43.1. The van der Waals surface area contributed by atoms with Crippen LogP contribution >= 0.6 is 0 Å². The highest BCUT2D eigenvalue weighted by Gasteiger charge is 2.38. The first-order valence-corrected chi connectivity index (χ1v) is 25.9. The van der Waals surface area contributed by atoms with Gasteiger partial charge < -0.3 is 28.2 Å². The second kappa shape index (κ2) is 25.4. The van der Waals surface area contributed by atoms with E-state index in [0.717, 1.165) is 110 Å². The van der Waals surface area contributed by atoms with Crippen molar-refractivity contribution in [2.75, 3.05) is 33.3 Å². The van der Waals surface area contributed by atoms with E-state index in [4.69, 9.17) is 23.0 Å². The van der Waals surface area contributed by atoms with E-state index in [2.05, 4.69) is 74.4 Å². The standard InChI is InChI=1S/C32H34N2O4.C31H32N2O4/c1-23-30(33-31(38-23)26-13-7-4-8-14-26)22-37-28-15-9-12-24(18-28)16-17-27-20-34(21-29(27)32(35)36-2)19-25-10-5-3-6-11-25;1-22-29(32-30(37-22)25-12-6-3-7-13-25)21-36-27-14-8-11-23(17-27)15-16-26-19-33(20-28(26)31(34)35)18-24-9-4-2-5-10-24/h3-15,18,27,29H,16-17,19-22H2,1-2H3;2-14,17,26,28H,15-16,18-21H2,1H3,(H,34,35)/t27-,29-;26-,28-/m11/s1. The van der Waals surface area contributed by atoms with Crippen molar-refractivity contribution in [3.8, 4) is 34.4 Å². The number of benzene rings is 6. The van der Waals surface area contributed by atoms with E-state index in [1.807, 2.05) is 129 Å². The average Bonchev–Trinajstić information content (AvgIpc) is 4.25. The number of esters is 1. The number of methoxy groups -OCH3 is 1. The van der Waals surface area contributed by atoms with E-state index >= 15 is 0 Å². The summed E-state index contributed by atoms with van der Waals surface area (Å²) in [5.41, 5.74) is 8.27. The molecule has 0 saturated carbocycles. The van der Waals surface area contributed by atoms with Gasteiger partial charge in [0.1, 0.15) is 47.6 Å². The third kappa shape index (κ3) is 14.3. The molecule has 4 heterocycles. The van der Waals surface area contributed by atoms with Crippen molar-refractivity contribution in [1.29, 1.82) is 0 Å². The SMILES string of the molecule is COC(=O)[C@@H]1CN(Cc2ccccc2)C[C@H]1CCc1cccc(OCc2nc(-c3ccccc3)oc2C)c1.Cc1oc(-c2ccccc2)nc1COc1cccc(CC[C@@H]2CN(Cc3ccccc3)C[C@H]2C(=O)O)c1. The molecule has 75 heavy (non-hydrogen) atoms. The third-order valence-electron chi connectivity index (χ3n) is 14.3. The minimum absolute atomic E-state index is 0.0999. The van der Waals surface area contributed by atoms with E-state index in [9.17, 15) is 14.7 Å². The number of carbonyl (C=O) groups excluding carboxylic acids is 1. The number of aliphatic carboxylic acids is 1. The fourth-order valence-corrected chi connectivity index (χ4v) is 10.3. The maximum Gasteiger partial charge on any atom is 0.310 e. The fourth-order valence-electron chi connectivity index (χ4n) is 10.3. The quantitative estimate of drug-likeness (QED) is 0.0727. The van der Waals surface area contributed by atoms with Gasteiger partial charge in [0.05, 0.1) is 18.9 Å². The zero-order valence-corrected chi connectivity index (χ0v) is 43.1. The molecule has 0 radical (unpaired) electrons. The van der Waals surface area contributed by atoms with Crippen LogP contribution in [0.2, 0.25) is 0 Å². The van der Waals surface area contributed by atoms with Gasteiger partial charge in [-0.1, -0.05) is 121 Å². The summed E-state index contributed by atoms with van der Waals surface area (Å²) in [4.78, 5) is 38.4. The van der Waals surface area contributed by atoms with Crippen LogP contribution in [0.1, 0.15) is 58.0 Å². The lowest BCUT2D eigenvalue weighted by atomic mass is 9.90. The van der Waals surface area contributed by atoms with Gasteiger partial charge in [-0.2, -0.15) is 0 Å². The normalized spacial score (nSPS) is 17.5. The second-order valence-electron chi connectivity index (χ2n) is 19.7. The predicted octanol–water partition coefficient (Wildman–Crippen LogP) is 12.1.